The van der Waals surface area contributed by atoms with Crippen LogP contribution in [0.5, 0.6) is 0 Å². The Bertz CT molecular complexity index is 899. The second-order valence-electron chi connectivity index (χ2n) is 7.41. The van der Waals surface area contributed by atoms with E-state index in [4.69, 9.17) is 0 Å². The number of aromatic amines is 1. The van der Waals surface area contributed by atoms with Gasteiger partial charge in [-0.1, -0.05) is 60.7 Å². The van der Waals surface area contributed by atoms with E-state index in [9.17, 15) is 4.79 Å². The Hall–Kier alpha value is -3.08. The molecule has 0 saturated carbocycles. The van der Waals surface area contributed by atoms with Crippen molar-refractivity contribution < 1.29 is 4.79 Å². The lowest BCUT2D eigenvalue weighted by Gasteiger charge is -2.33. The van der Waals surface area contributed by atoms with Crippen LogP contribution in [0.15, 0.2) is 66.7 Å². The minimum absolute atomic E-state index is 0.107. The second-order valence-corrected chi connectivity index (χ2v) is 7.41. The fourth-order valence-corrected chi connectivity index (χ4v) is 3.71. The molecule has 3 aromatic rings. The Morgan fingerprint density at radius 1 is 1.07 bits per heavy atom. The van der Waals surface area contributed by atoms with E-state index in [1.807, 2.05) is 55.5 Å². The molecule has 0 aliphatic carbocycles. The van der Waals surface area contributed by atoms with E-state index in [0.29, 0.717) is 0 Å². The highest BCUT2D eigenvalue weighted by atomic mass is 16.1. The van der Waals surface area contributed by atoms with Crippen LogP contribution in [0.1, 0.15) is 31.2 Å². The van der Waals surface area contributed by atoms with Crippen molar-refractivity contribution in [3.05, 3.63) is 72.3 Å². The largest absolute Gasteiger partial charge is 0.355 e. The number of amides is 1. The summed E-state index contributed by atoms with van der Waals surface area (Å²) in [5, 5.41) is 10.8. The predicted molar refractivity (Wildman–Crippen MR) is 112 cm³/mol. The Balaban J connectivity index is 1.31. The number of nitrogens with one attached hydrogen (secondary N) is 2. The molecule has 28 heavy (non-hydrogen) atoms. The first-order valence-electron chi connectivity index (χ1n) is 9.92. The fourth-order valence-electron chi connectivity index (χ4n) is 3.71. The predicted octanol–water partition coefficient (Wildman–Crippen LogP) is 3.97. The summed E-state index contributed by atoms with van der Waals surface area (Å²) in [6.07, 6.45) is 1.86. The monoisotopic (exact) mass is 374 g/mol. The van der Waals surface area contributed by atoms with E-state index >= 15 is 0 Å². The highest BCUT2D eigenvalue weighted by Gasteiger charge is 2.24. The van der Waals surface area contributed by atoms with Crippen molar-refractivity contribution in [2.24, 2.45) is 0 Å². The van der Waals surface area contributed by atoms with Gasteiger partial charge in [0.1, 0.15) is 0 Å². The normalized spacial score (nSPS) is 16.0. The molecule has 0 spiro atoms. The number of rotatable bonds is 5. The number of H-pyrrole nitrogens is 1. The van der Waals surface area contributed by atoms with Crippen molar-refractivity contribution in [3.8, 4) is 11.3 Å². The van der Waals surface area contributed by atoms with Crippen LogP contribution in [0.4, 0.5) is 5.82 Å². The summed E-state index contributed by atoms with van der Waals surface area (Å²) in [4.78, 5) is 14.9. The summed E-state index contributed by atoms with van der Waals surface area (Å²) in [5.41, 5.74) is 3.23. The van der Waals surface area contributed by atoms with Crippen molar-refractivity contribution in [1.82, 2.24) is 15.5 Å². The number of piperidine rings is 1. The van der Waals surface area contributed by atoms with E-state index in [0.717, 1.165) is 48.6 Å². The zero-order chi connectivity index (χ0) is 19.3. The highest BCUT2D eigenvalue weighted by molar-refractivity contribution is 5.83. The number of carbonyl (C=O) groups excluding carboxylic acids is 1. The summed E-state index contributed by atoms with van der Waals surface area (Å²) in [6, 6.07) is 22.5. The van der Waals surface area contributed by atoms with E-state index < -0.39 is 0 Å². The summed E-state index contributed by atoms with van der Waals surface area (Å²) in [7, 11) is 0. The van der Waals surface area contributed by atoms with Gasteiger partial charge in [-0.3, -0.25) is 9.89 Å². The van der Waals surface area contributed by atoms with Crippen molar-refractivity contribution in [2.75, 3.05) is 18.0 Å². The molecule has 4 rings (SSSR count). The Labute approximate surface area is 165 Å². The quantitative estimate of drug-likeness (QED) is 0.710. The summed E-state index contributed by atoms with van der Waals surface area (Å²) in [6.45, 7) is 3.75. The smallest absolute Gasteiger partial charge is 0.227 e. The molecular weight excluding hydrogens is 348 g/mol. The molecule has 1 aliphatic rings. The van der Waals surface area contributed by atoms with E-state index in [1.54, 1.807) is 0 Å². The lowest BCUT2D eigenvalue weighted by molar-refractivity contribution is -0.123. The Morgan fingerprint density at radius 2 is 1.71 bits per heavy atom. The van der Waals surface area contributed by atoms with Gasteiger partial charge < -0.3 is 10.2 Å². The first kappa shape index (κ1) is 18.3. The van der Waals surface area contributed by atoms with Crippen molar-refractivity contribution in [1.29, 1.82) is 0 Å². The van der Waals surface area contributed by atoms with Crippen LogP contribution >= 0.6 is 0 Å². The SMILES string of the molecule is CC(C(=O)NC1CCN(c2cc(-c3ccccc3)[nH]n2)CC1)c1ccccc1. The maximum Gasteiger partial charge on any atom is 0.227 e. The van der Waals surface area contributed by atoms with Gasteiger partial charge in [0.05, 0.1) is 11.6 Å². The molecule has 5 heteroatoms. The summed E-state index contributed by atoms with van der Waals surface area (Å²) < 4.78 is 0. The topological polar surface area (TPSA) is 61.0 Å². The van der Waals surface area contributed by atoms with E-state index in [-0.39, 0.29) is 17.9 Å². The molecule has 1 fully saturated rings. The van der Waals surface area contributed by atoms with Gasteiger partial charge in [-0.25, -0.2) is 0 Å². The Kier molecular flexibility index (Phi) is 5.42. The third-order valence-electron chi connectivity index (χ3n) is 5.51. The zero-order valence-corrected chi connectivity index (χ0v) is 16.1. The number of hydrogen-bond acceptors (Lipinski definition) is 3. The van der Waals surface area contributed by atoms with Crippen molar-refractivity contribution in [3.63, 3.8) is 0 Å². The van der Waals surface area contributed by atoms with Crippen LogP contribution in [0, 0.1) is 0 Å². The molecule has 144 valence electrons. The van der Waals surface area contributed by atoms with Crippen LogP contribution in [-0.2, 0) is 4.79 Å². The number of benzene rings is 2. The van der Waals surface area contributed by atoms with Crippen LogP contribution in [0.25, 0.3) is 11.3 Å². The number of anilines is 1. The first-order valence-corrected chi connectivity index (χ1v) is 9.92. The Morgan fingerprint density at radius 3 is 2.39 bits per heavy atom. The maximum atomic E-state index is 12.6. The molecule has 1 saturated heterocycles. The van der Waals surface area contributed by atoms with Crippen molar-refractivity contribution in [2.45, 2.75) is 31.7 Å². The van der Waals surface area contributed by atoms with E-state index in [2.05, 4.69) is 38.6 Å². The van der Waals surface area contributed by atoms with Crippen LogP contribution in [-0.4, -0.2) is 35.2 Å². The zero-order valence-electron chi connectivity index (χ0n) is 16.1. The lowest BCUT2D eigenvalue weighted by atomic mass is 9.98. The molecule has 1 amide bonds. The molecule has 2 aromatic carbocycles. The lowest BCUT2D eigenvalue weighted by Crippen LogP contribution is -2.45. The van der Waals surface area contributed by atoms with Gasteiger partial charge in [-0.2, -0.15) is 5.10 Å². The van der Waals surface area contributed by atoms with Crippen molar-refractivity contribution >= 4 is 11.7 Å². The standard InChI is InChI=1S/C23H26N4O/c1-17(18-8-4-2-5-9-18)23(28)24-20-12-14-27(15-13-20)22-16-21(25-26-22)19-10-6-3-7-11-19/h2-11,16-17,20H,12-15H2,1H3,(H,24,28)(H,25,26). The van der Waals surface area contributed by atoms with Gasteiger partial charge in [0.2, 0.25) is 5.91 Å². The van der Waals surface area contributed by atoms with Crippen LogP contribution < -0.4 is 10.2 Å². The molecule has 1 aliphatic heterocycles. The third kappa shape index (κ3) is 4.09. The molecule has 1 unspecified atom stereocenters. The first-order chi connectivity index (χ1) is 13.7. The van der Waals surface area contributed by atoms with E-state index in [1.165, 1.54) is 0 Å². The molecule has 1 aromatic heterocycles. The minimum Gasteiger partial charge on any atom is -0.355 e. The van der Waals surface area contributed by atoms with Gasteiger partial charge in [-0.05, 0) is 30.9 Å². The molecular formula is C23H26N4O. The second kappa shape index (κ2) is 8.30. The minimum atomic E-state index is -0.126. The van der Waals surface area contributed by atoms with Gasteiger partial charge in [0.15, 0.2) is 5.82 Å². The van der Waals surface area contributed by atoms with Gasteiger partial charge in [-0.15, -0.1) is 0 Å². The maximum absolute atomic E-state index is 12.6. The summed E-state index contributed by atoms with van der Waals surface area (Å²) in [5.74, 6) is 0.955. The highest BCUT2D eigenvalue weighted by Crippen LogP contribution is 2.24. The van der Waals surface area contributed by atoms with Gasteiger partial charge in [0, 0.05) is 25.2 Å². The fraction of sp³-hybridized carbons (Fsp3) is 0.304. The molecule has 2 N–H and O–H groups in total. The third-order valence-corrected chi connectivity index (χ3v) is 5.51. The molecule has 1 atom stereocenters. The number of carbonyl (C=O) groups is 1. The molecule has 5 nitrogen and oxygen atoms in total. The molecule has 0 radical (unpaired) electrons. The summed E-state index contributed by atoms with van der Waals surface area (Å²) >= 11 is 0. The van der Waals surface area contributed by atoms with Crippen LogP contribution in [0.3, 0.4) is 0 Å². The number of aromatic nitrogens is 2. The number of nitrogens with zero attached hydrogens (tertiary/aromatic N) is 2. The van der Waals surface area contributed by atoms with Gasteiger partial charge >= 0.3 is 0 Å². The van der Waals surface area contributed by atoms with Crippen LogP contribution in [0.2, 0.25) is 0 Å². The average Bonchev–Trinajstić information content (AvgIpc) is 3.25. The average molecular weight is 374 g/mol. The molecule has 2 heterocycles. The molecule has 0 bridgehead atoms. The van der Waals surface area contributed by atoms with Gasteiger partial charge in [0.25, 0.3) is 0 Å². The number of hydrogen-bond donors (Lipinski definition) is 2.